The third kappa shape index (κ3) is 2.63. The summed E-state index contributed by atoms with van der Waals surface area (Å²) in [6, 6.07) is 8.70. The highest BCUT2D eigenvalue weighted by atomic mass is 35.5. The van der Waals surface area contributed by atoms with Crippen molar-refractivity contribution in [3.05, 3.63) is 52.9 Å². The smallest absolute Gasteiger partial charge is 0.150 e. The molecule has 1 saturated heterocycles. The standard InChI is InChI=1S/C16H18ClN3/c1-12-4-2-3-5-14(12)13-6-8-20(9-7-13)16-15(17)10-18-11-19-16/h2-5,10-11,13H,6-9H2,1H3. The second-order valence-electron chi connectivity index (χ2n) is 5.31. The number of rotatable bonds is 2. The van der Waals surface area contributed by atoms with Crippen LogP contribution in [0, 0.1) is 6.92 Å². The van der Waals surface area contributed by atoms with Crippen LogP contribution in [0.4, 0.5) is 5.82 Å². The number of nitrogens with zero attached hydrogens (tertiary/aromatic N) is 3. The van der Waals surface area contributed by atoms with Crippen LogP contribution in [0.3, 0.4) is 0 Å². The molecule has 104 valence electrons. The second-order valence-corrected chi connectivity index (χ2v) is 5.72. The molecular weight excluding hydrogens is 270 g/mol. The van der Waals surface area contributed by atoms with Crippen LogP contribution in [-0.2, 0) is 0 Å². The lowest BCUT2D eigenvalue weighted by molar-refractivity contribution is 0.501. The monoisotopic (exact) mass is 287 g/mol. The van der Waals surface area contributed by atoms with Crippen molar-refractivity contribution < 1.29 is 0 Å². The second kappa shape index (κ2) is 5.80. The fourth-order valence-corrected chi connectivity index (χ4v) is 3.21. The van der Waals surface area contributed by atoms with E-state index in [4.69, 9.17) is 11.6 Å². The third-order valence-electron chi connectivity index (χ3n) is 4.07. The van der Waals surface area contributed by atoms with Gasteiger partial charge in [-0.1, -0.05) is 35.9 Å². The van der Waals surface area contributed by atoms with Crippen LogP contribution in [0.15, 0.2) is 36.8 Å². The number of aryl methyl sites for hydroxylation is 1. The Morgan fingerprint density at radius 3 is 2.65 bits per heavy atom. The Balaban J connectivity index is 1.72. The number of aromatic nitrogens is 2. The Bertz CT molecular complexity index is 538. The molecule has 0 aliphatic carbocycles. The van der Waals surface area contributed by atoms with E-state index in [9.17, 15) is 0 Å². The zero-order chi connectivity index (χ0) is 13.9. The van der Waals surface area contributed by atoms with Gasteiger partial charge in [0, 0.05) is 13.1 Å². The first kappa shape index (κ1) is 13.4. The molecule has 1 aromatic heterocycles. The van der Waals surface area contributed by atoms with Gasteiger partial charge in [-0.15, -0.1) is 0 Å². The fraction of sp³-hybridized carbons (Fsp3) is 0.375. The molecule has 0 unspecified atom stereocenters. The highest BCUT2D eigenvalue weighted by Crippen LogP contribution is 2.33. The van der Waals surface area contributed by atoms with E-state index in [0.29, 0.717) is 10.9 Å². The number of anilines is 1. The minimum Gasteiger partial charge on any atom is -0.355 e. The van der Waals surface area contributed by atoms with Crippen molar-refractivity contribution in [2.75, 3.05) is 18.0 Å². The summed E-state index contributed by atoms with van der Waals surface area (Å²) in [6.45, 7) is 4.19. The van der Waals surface area contributed by atoms with Gasteiger partial charge >= 0.3 is 0 Å². The SMILES string of the molecule is Cc1ccccc1C1CCN(c2ncncc2Cl)CC1. The van der Waals surface area contributed by atoms with Crippen LogP contribution in [0.5, 0.6) is 0 Å². The van der Waals surface area contributed by atoms with Gasteiger partial charge in [0.15, 0.2) is 5.82 Å². The number of benzene rings is 1. The van der Waals surface area contributed by atoms with Crippen molar-refractivity contribution in [2.45, 2.75) is 25.7 Å². The largest absolute Gasteiger partial charge is 0.355 e. The van der Waals surface area contributed by atoms with Gasteiger partial charge < -0.3 is 4.90 Å². The van der Waals surface area contributed by atoms with Gasteiger partial charge in [-0.05, 0) is 36.8 Å². The van der Waals surface area contributed by atoms with Gasteiger partial charge in [-0.25, -0.2) is 9.97 Å². The highest BCUT2D eigenvalue weighted by molar-refractivity contribution is 6.32. The molecule has 0 bridgehead atoms. The van der Waals surface area contributed by atoms with E-state index < -0.39 is 0 Å². The van der Waals surface area contributed by atoms with E-state index in [0.717, 1.165) is 31.7 Å². The maximum absolute atomic E-state index is 6.17. The number of hydrogen-bond donors (Lipinski definition) is 0. The van der Waals surface area contributed by atoms with Gasteiger partial charge in [0.05, 0.1) is 6.20 Å². The van der Waals surface area contributed by atoms with Crippen LogP contribution >= 0.6 is 11.6 Å². The molecule has 1 aliphatic rings. The maximum atomic E-state index is 6.17. The summed E-state index contributed by atoms with van der Waals surface area (Å²) in [5.41, 5.74) is 2.88. The summed E-state index contributed by atoms with van der Waals surface area (Å²) in [5.74, 6) is 1.51. The van der Waals surface area contributed by atoms with Gasteiger partial charge in [0.1, 0.15) is 11.3 Å². The lowest BCUT2D eigenvalue weighted by Gasteiger charge is -2.33. The molecule has 2 aromatic rings. The molecule has 0 saturated carbocycles. The molecule has 0 amide bonds. The molecule has 3 rings (SSSR count). The average molecular weight is 288 g/mol. The Morgan fingerprint density at radius 1 is 1.20 bits per heavy atom. The summed E-state index contributed by atoms with van der Waals surface area (Å²) in [5, 5.41) is 0.641. The normalized spacial score (nSPS) is 16.4. The molecule has 2 heterocycles. The van der Waals surface area contributed by atoms with E-state index in [-0.39, 0.29) is 0 Å². The zero-order valence-corrected chi connectivity index (χ0v) is 12.3. The molecule has 0 atom stereocenters. The summed E-state index contributed by atoms with van der Waals surface area (Å²) in [7, 11) is 0. The predicted octanol–water partition coefficient (Wildman–Crippen LogP) is 3.82. The summed E-state index contributed by atoms with van der Waals surface area (Å²) in [4.78, 5) is 10.5. The van der Waals surface area contributed by atoms with Crippen LogP contribution in [0.1, 0.15) is 29.9 Å². The summed E-state index contributed by atoms with van der Waals surface area (Å²) < 4.78 is 0. The van der Waals surface area contributed by atoms with Crippen LogP contribution in [-0.4, -0.2) is 23.1 Å². The van der Waals surface area contributed by atoms with Crippen molar-refractivity contribution in [1.29, 1.82) is 0 Å². The Kier molecular flexibility index (Phi) is 3.88. The van der Waals surface area contributed by atoms with Crippen LogP contribution in [0.2, 0.25) is 5.02 Å². The minimum atomic E-state index is 0.641. The van der Waals surface area contributed by atoms with E-state index in [2.05, 4.69) is 46.1 Å². The van der Waals surface area contributed by atoms with E-state index >= 15 is 0 Å². The van der Waals surface area contributed by atoms with E-state index in [1.807, 2.05) is 0 Å². The Labute approximate surface area is 124 Å². The van der Waals surface area contributed by atoms with Crippen molar-refractivity contribution in [2.24, 2.45) is 0 Å². The van der Waals surface area contributed by atoms with E-state index in [1.54, 1.807) is 12.5 Å². The molecule has 4 heteroatoms. The van der Waals surface area contributed by atoms with Gasteiger partial charge in [0.2, 0.25) is 0 Å². The molecule has 0 spiro atoms. The number of piperidine rings is 1. The predicted molar refractivity (Wildman–Crippen MR) is 82.4 cm³/mol. The first-order valence-corrected chi connectivity index (χ1v) is 7.39. The zero-order valence-electron chi connectivity index (χ0n) is 11.6. The molecule has 1 aliphatic heterocycles. The topological polar surface area (TPSA) is 29.0 Å². The Morgan fingerprint density at radius 2 is 1.95 bits per heavy atom. The number of halogens is 1. The number of hydrogen-bond acceptors (Lipinski definition) is 3. The first-order valence-electron chi connectivity index (χ1n) is 7.01. The lowest BCUT2D eigenvalue weighted by Crippen LogP contribution is -2.33. The molecule has 3 nitrogen and oxygen atoms in total. The van der Waals surface area contributed by atoms with Crippen molar-refractivity contribution in [3.63, 3.8) is 0 Å². The maximum Gasteiger partial charge on any atom is 0.150 e. The molecule has 20 heavy (non-hydrogen) atoms. The van der Waals surface area contributed by atoms with Crippen molar-refractivity contribution in [1.82, 2.24) is 9.97 Å². The molecule has 0 radical (unpaired) electrons. The molecule has 0 N–H and O–H groups in total. The van der Waals surface area contributed by atoms with Gasteiger partial charge in [-0.2, -0.15) is 0 Å². The highest BCUT2D eigenvalue weighted by Gasteiger charge is 2.23. The molecule has 1 fully saturated rings. The third-order valence-corrected chi connectivity index (χ3v) is 4.34. The fourth-order valence-electron chi connectivity index (χ4n) is 2.99. The Hall–Kier alpha value is -1.61. The summed E-state index contributed by atoms with van der Waals surface area (Å²) >= 11 is 6.17. The van der Waals surface area contributed by atoms with Crippen molar-refractivity contribution in [3.8, 4) is 0 Å². The quantitative estimate of drug-likeness (QED) is 0.841. The first-order chi connectivity index (χ1) is 9.75. The van der Waals surface area contributed by atoms with E-state index in [1.165, 1.54) is 11.1 Å². The van der Waals surface area contributed by atoms with Crippen LogP contribution in [0.25, 0.3) is 0 Å². The lowest BCUT2D eigenvalue weighted by atomic mass is 9.87. The molecule has 1 aromatic carbocycles. The summed E-state index contributed by atoms with van der Waals surface area (Å²) in [6.07, 6.45) is 5.52. The van der Waals surface area contributed by atoms with Crippen LogP contribution < -0.4 is 4.90 Å². The van der Waals surface area contributed by atoms with Gasteiger partial charge in [0.25, 0.3) is 0 Å². The minimum absolute atomic E-state index is 0.641. The van der Waals surface area contributed by atoms with Crippen molar-refractivity contribution >= 4 is 17.4 Å². The average Bonchev–Trinajstić information content (AvgIpc) is 2.49. The molecular formula is C16H18ClN3. The van der Waals surface area contributed by atoms with Gasteiger partial charge in [-0.3, -0.25) is 0 Å².